The average molecular weight is 378 g/mol. The Morgan fingerprint density at radius 2 is 2.00 bits per heavy atom. The first-order valence-electron chi connectivity index (χ1n) is 8.95. The van der Waals surface area contributed by atoms with Crippen molar-refractivity contribution in [1.82, 2.24) is 14.5 Å². The smallest absolute Gasteiger partial charge is 0.253 e. The van der Waals surface area contributed by atoms with Gasteiger partial charge in [0.05, 0.1) is 17.0 Å². The van der Waals surface area contributed by atoms with Gasteiger partial charge in [0.1, 0.15) is 0 Å². The monoisotopic (exact) mass is 377 g/mol. The second-order valence-electron chi connectivity index (χ2n) is 6.34. The average Bonchev–Trinajstić information content (AvgIpc) is 2.70. The van der Waals surface area contributed by atoms with E-state index < -0.39 is 0 Å². The number of hydrogen-bond acceptors (Lipinski definition) is 4. The van der Waals surface area contributed by atoms with Gasteiger partial charge in [0.25, 0.3) is 5.56 Å². The van der Waals surface area contributed by atoms with Crippen LogP contribution < -0.4 is 5.56 Å². The summed E-state index contributed by atoms with van der Waals surface area (Å²) in [6, 6.07) is 13.7. The SMILES string of the molecule is C=C(Cc1ccc(SC)nc1)c1ccccc1-c1cc(=O)n(CCC)cn1. The number of hydrogen-bond donors (Lipinski definition) is 0. The van der Waals surface area contributed by atoms with Crippen LogP contribution in [0.25, 0.3) is 16.8 Å². The third-order valence-electron chi connectivity index (χ3n) is 4.35. The fourth-order valence-corrected chi connectivity index (χ4v) is 3.34. The number of benzene rings is 1. The first kappa shape index (κ1) is 19.1. The first-order chi connectivity index (χ1) is 13.1. The summed E-state index contributed by atoms with van der Waals surface area (Å²) in [5.74, 6) is 0. The Balaban J connectivity index is 1.90. The van der Waals surface area contributed by atoms with Crippen LogP contribution in [0.3, 0.4) is 0 Å². The number of aromatic nitrogens is 3. The summed E-state index contributed by atoms with van der Waals surface area (Å²) in [5.41, 5.74) is 4.67. The zero-order chi connectivity index (χ0) is 19.2. The van der Waals surface area contributed by atoms with Crippen molar-refractivity contribution < 1.29 is 0 Å². The van der Waals surface area contributed by atoms with Gasteiger partial charge >= 0.3 is 0 Å². The molecule has 0 saturated carbocycles. The topological polar surface area (TPSA) is 47.8 Å². The van der Waals surface area contributed by atoms with Gasteiger partial charge < -0.3 is 0 Å². The predicted octanol–water partition coefficient (Wildman–Crippen LogP) is 4.69. The number of nitrogens with zero attached hydrogens (tertiary/aromatic N) is 3. The van der Waals surface area contributed by atoms with Crippen LogP contribution in [0.4, 0.5) is 0 Å². The summed E-state index contributed by atoms with van der Waals surface area (Å²) < 4.78 is 1.64. The number of thioether (sulfide) groups is 1. The highest BCUT2D eigenvalue weighted by Gasteiger charge is 2.11. The first-order valence-corrected chi connectivity index (χ1v) is 10.2. The van der Waals surface area contributed by atoms with Crippen LogP contribution in [0, 0.1) is 0 Å². The molecule has 0 aliphatic rings. The fourth-order valence-electron chi connectivity index (χ4n) is 2.97. The van der Waals surface area contributed by atoms with Crippen LogP contribution >= 0.6 is 11.8 Å². The van der Waals surface area contributed by atoms with Gasteiger partial charge in [-0.1, -0.05) is 43.8 Å². The highest BCUT2D eigenvalue weighted by atomic mass is 32.2. The summed E-state index contributed by atoms with van der Waals surface area (Å²) >= 11 is 1.62. The summed E-state index contributed by atoms with van der Waals surface area (Å²) in [6.07, 6.45) is 7.14. The van der Waals surface area contributed by atoms with E-state index >= 15 is 0 Å². The lowest BCUT2D eigenvalue weighted by molar-refractivity contribution is 0.641. The summed E-state index contributed by atoms with van der Waals surface area (Å²) in [7, 11) is 0. The van der Waals surface area contributed by atoms with Crippen LogP contribution in [0.1, 0.15) is 24.5 Å². The molecule has 0 amide bonds. The van der Waals surface area contributed by atoms with Crippen molar-refractivity contribution in [3.05, 3.63) is 83.0 Å². The summed E-state index contributed by atoms with van der Waals surface area (Å²) in [6.45, 7) is 7.00. The van der Waals surface area contributed by atoms with E-state index in [0.29, 0.717) is 18.7 Å². The Labute approximate surface area is 164 Å². The molecule has 3 rings (SSSR count). The van der Waals surface area contributed by atoms with Crippen LogP contribution in [0.15, 0.2) is 71.4 Å². The molecule has 0 atom stereocenters. The Bertz CT molecular complexity index is 993. The maximum absolute atomic E-state index is 12.3. The lowest BCUT2D eigenvalue weighted by atomic mass is 9.94. The molecule has 5 heteroatoms. The normalized spacial score (nSPS) is 10.7. The molecule has 0 radical (unpaired) electrons. The standard InChI is InChI=1S/C22H23N3OS/c1-4-11-25-15-24-20(13-22(25)26)19-8-6-5-7-18(19)16(2)12-17-9-10-21(27-3)23-14-17/h5-10,13-15H,2,4,11-12H2,1,3H3. The Hall–Kier alpha value is -2.66. The molecule has 1 aromatic carbocycles. The van der Waals surface area contributed by atoms with Crippen molar-refractivity contribution >= 4 is 17.3 Å². The van der Waals surface area contributed by atoms with Gasteiger partial charge in [-0.25, -0.2) is 9.97 Å². The maximum Gasteiger partial charge on any atom is 0.253 e. The predicted molar refractivity (Wildman–Crippen MR) is 113 cm³/mol. The molecule has 138 valence electrons. The van der Waals surface area contributed by atoms with E-state index in [1.54, 1.807) is 28.7 Å². The molecule has 0 N–H and O–H groups in total. The molecule has 0 spiro atoms. The van der Waals surface area contributed by atoms with Crippen LogP contribution in [-0.4, -0.2) is 20.8 Å². The van der Waals surface area contributed by atoms with Gasteiger partial charge in [0.2, 0.25) is 0 Å². The number of aryl methyl sites for hydroxylation is 1. The van der Waals surface area contributed by atoms with Crippen LogP contribution in [0.2, 0.25) is 0 Å². The summed E-state index contributed by atoms with van der Waals surface area (Å²) in [4.78, 5) is 21.3. The molecule has 0 unspecified atom stereocenters. The van der Waals surface area contributed by atoms with E-state index in [0.717, 1.165) is 33.7 Å². The molecule has 0 saturated heterocycles. The van der Waals surface area contributed by atoms with E-state index in [-0.39, 0.29) is 5.56 Å². The maximum atomic E-state index is 12.3. The van der Waals surface area contributed by atoms with Crippen molar-refractivity contribution in [3.8, 4) is 11.3 Å². The third-order valence-corrected chi connectivity index (χ3v) is 5.01. The number of pyridine rings is 1. The molecule has 27 heavy (non-hydrogen) atoms. The zero-order valence-electron chi connectivity index (χ0n) is 15.7. The van der Waals surface area contributed by atoms with Crippen molar-refractivity contribution in [1.29, 1.82) is 0 Å². The summed E-state index contributed by atoms with van der Waals surface area (Å²) in [5, 5.41) is 1.00. The van der Waals surface area contributed by atoms with E-state index in [4.69, 9.17) is 0 Å². The van der Waals surface area contributed by atoms with Gasteiger partial charge in [-0.05, 0) is 41.9 Å². The van der Waals surface area contributed by atoms with Crippen LogP contribution in [0.5, 0.6) is 0 Å². The molecule has 3 aromatic rings. The molecular formula is C22H23N3OS. The fraction of sp³-hybridized carbons (Fsp3) is 0.227. The van der Waals surface area contributed by atoms with E-state index in [1.165, 1.54) is 0 Å². The molecule has 2 aromatic heterocycles. The zero-order valence-corrected chi connectivity index (χ0v) is 16.5. The Morgan fingerprint density at radius 3 is 2.67 bits per heavy atom. The van der Waals surface area contributed by atoms with Gasteiger partial charge in [0.15, 0.2) is 0 Å². The molecule has 0 fully saturated rings. The third kappa shape index (κ3) is 4.55. The van der Waals surface area contributed by atoms with E-state index in [1.807, 2.05) is 49.7 Å². The molecule has 0 aliphatic heterocycles. The van der Waals surface area contributed by atoms with Gasteiger partial charge in [-0.2, -0.15) is 0 Å². The second kappa shape index (κ2) is 8.82. The molecule has 0 aliphatic carbocycles. The Morgan fingerprint density at radius 1 is 1.19 bits per heavy atom. The van der Waals surface area contributed by atoms with Gasteiger partial charge in [-0.3, -0.25) is 9.36 Å². The Kier molecular flexibility index (Phi) is 6.24. The minimum Gasteiger partial charge on any atom is -0.299 e. The molecule has 0 bridgehead atoms. The molecular weight excluding hydrogens is 354 g/mol. The lowest BCUT2D eigenvalue weighted by Crippen LogP contribution is -2.19. The minimum atomic E-state index is -0.0286. The highest BCUT2D eigenvalue weighted by molar-refractivity contribution is 7.98. The van der Waals surface area contributed by atoms with E-state index in [2.05, 4.69) is 22.6 Å². The highest BCUT2D eigenvalue weighted by Crippen LogP contribution is 2.28. The van der Waals surface area contributed by atoms with Gasteiger partial charge in [-0.15, -0.1) is 11.8 Å². The quantitative estimate of drug-likeness (QED) is 0.560. The molecule has 4 nitrogen and oxygen atoms in total. The van der Waals surface area contributed by atoms with E-state index in [9.17, 15) is 4.79 Å². The van der Waals surface area contributed by atoms with Crippen molar-refractivity contribution in [3.63, 3.8) is 0 Å². The lowest BCUT2D eigenvalue weighted by Gasteiger charge is -2.13. The molecule has 2 heterocycles. The van der Waals surface area contributed by atoms with Crippen LogP contribution in [-0.2, 0) is 13.0 Å². The largest absolute Gasteiger partial charge is 0.299 e. The minimum absolute atomic E-state index is 0.0286. The second-order valence-corrected chi connectivity index (χ2v) is 7.17. The number of allylic oxidation sites excluding steroid dienone is 1. The number of rotatable bonds is 7. The van der Waals surface area contributed by atoms with Crippen molar-refractivity contribution in [2.24, 2.45) is 0 Å². The van der Waals surface area contributed by atoms with Crippen molar-refractivity contribution in [2.45, 2.75) is 31.3 Å². The van der Waals surface area contributed by atoms with Crippen molar-refractivity contribution in [2.75, 3.05) is 6.26 Å². The van der Waals surface area contributed by atoms with Gasteiger partial charge in [0, 0.05) is 24.4 Å².